The Bertz CT molecular complexity index is 599. The van der Waals surface area contributed by atoms with E-state index in [1.807, 2.05) is 6.92 Å². The molecule has 0 aliphatic heterocycles. The Morgan fingerprint density at radius 1 is 1.00 bits per heavy atom. The van der Waals surface area contributed by atoms with Gasteiger partial charge in [0.05, 0.1) is 5.56 Å². The molecule has 5 nitrogen and oxygen atoms in total. The van der Waals surface area contributed by atoms with Gasteiger partial charge in [0.15, 0.2) is 0 Å². The molecule has 1 aromatic carbocycles. The highest BCUT2D eigenvalue weighted by Gasteiger charge is 2.09. The molecule has 0 bridgehead atoms. The molecule has 5 heteroatoms. The number of carbonyl (C=O) groups excluding carboxylic acids is 2. The second kappa shape index (κ2) is 5.39. The molecule has 2 rings (SSSR count). The molecule has 2 aromatic rings. The second-order valence-electron chi connectivity index (χ2n) is 4.23. The van der Waals surface area contributed by atoms with Gasteiger partial charge in [-0.05, 0) is 37.3 Å². The fourth-order valence-corrected chi connectivity index (χ4v) is 1.74. The van der Waals surface area contributed by atoms with Crippen molar-refractivity contribution in [3.8, 4) is 0 Å². The maximum atomic E-state index is 12.0. The lowest BCUT2D eigenvalue weighted by molar-refractivity contribution is -0.114. The predicted octanol–water partition coefficient (Wildman–Crippen LogP) is 2.53. The second-order valence-corrected chi connectivity index (χ2v) is 4.23. The fraction of sp³-hybridized carbons (Fsp3) is 0.143. The molecule has 0 aliphatic carbocycles. The van der Waals surface area contributed by atoms with Gasteiger partial charge in [-0.1, -0.05) is 0 Å². The summed E-state index contributed by atoms with van der Waals surface area (Å²) in [5.41, 5.74) is 2.82. The van der Waals surface area contributed by atoms with Crippen LogP contribution < -0.4 is 10.6 Å². The highest BCUT2D eigenvalue weighted by molar-refractivity contribution is 6.05. The normalized spacial score (nSPS) is 10.0. The molecule has 1 aromatic heterocycles. The molecule has 3 N–H and O–H groups in total. The minimum Gasteiger partial charge on any atom is -0.365 e. The third kappa shape index (κ3) is 3.22. The molecule has 1 heterocycles. The van der Waals surface area contributed by atoms with Gasteiger partial charge in [0.2, 0.25) is 5.91 Å². The van der Waals surface area contributed by atoms with Crippen LogP contribution in [0, 0.1) is 6.92 Å². The third-order valence-electron chi connectivity index (χ3n) is 2.66. The Morgan fingerprint density at radius 2 is 1.58 bits per heavy atom. The van der Waals surface area contributed by atoms with Crippen LogP contribution in [0.4, 0.5) is 11.4 Å². The number of aromatic nitrogens is 1. The van der Waals surface area contributed by atoms with Crippen molar-refractivity contribution in [2.75, 3.05) is 10.6 Å². The Kier molecular flexibility index (Phi) is 3.66. The van der Waals surface area contributed by atoms with E-state index in [1.165, 1.54) is 6.92 Å². The fourth-order valence-electron chi connectivity index (χ4n) is 1.74. The third-order valence-corrected chi connectivity index (χ3v) is 2.66. The first-order valence-electron chi connectivity index (χ1n) is 5.89. The van der Waals surface area contributed by atoms with Gasteiger partial charge in [0.25, 0.3) is 5.91 Å². The van der Waals surface area contributed by atoms with Crippen molar-refractivity contribution in [3.05, 3.63) is 47.8 Å². The van der Waals surface area contributed by atoms with E-state index in [9.17, 15) is 9.59 Å². The van der Waals surface area contributed by atoms with Crippen LogP contribution in [0.1, 0.15) is 23.0 Å². The summed E-state index contributed by atoms with van der Waals surface area (Å²) in [4.78, 5) is 25.8. The van der Waals surface area contributed by atoms with Crippen LogP contribution >= 0.6 is 0 Å². The molecule has 0 fully saturated rings. The van der Waals surface area contributed by atoms with Crippen molar-refractivity contribution in [2.45, 2.75) is 13.8 Å². The van der Waals surface area contributed by atoms with Crippen LogP contribution in [-0.2, 0) is 4.79 Å². The molecule has 0 saturated carbocycles. The average molecular weight is 257 g/mol. The van der Waals surface area contributed by atoms with Crippen molar-refractivity contribution in [2.24, 2.45) is 0 Å². The number of rotatable bonds is 3. The number of nitrogens with one attached hydrogen (secondary N) is 3. The lowest BCUT2D eigenvalue weighted by atomic mass is 10.2. The Hall–Kier alpha value is -2.56. The number of hydrogen-bond acceptors (Lipinski definition) is 2. The van der Waals surface area contributed by atoms with E-state index < -0.39 is 0 Å². The monoisotopic (exact) mass is 257 g/mol. The van der Waals surface area contributed by atoms with Crippen LogP contribution in [0.15, 0.2) is 36.5 Å². The number of hydrogen-bond donors (Lipinski definition) is 3. The largest absolute Gasteiger partial charge is 0.365 e. The van der Waals surface area contributed by atoms with E-state index in [1.54, 1.807) is 36.5 Å². The average Bonchev–Trinajstić information content (AvgIpc) is 2.77. The van der Waals surface area contributed by atoms with Gasteiger partial charge >= 0.3 is 0 Å². The molecule has 19 heavy (non-hydrogen) atoms. The smallest absolute Gasteiger partial charge is 0.257 e. The number of H-pyrrole nitrogens is 1. The molecular weight excluding hydrogens is 242 g/mol. The summed E-state index contributed by atoms with van der Waals surface area (Å²) >= 11 is 0. The molecule has 98 valence electrons. The van der Waals surface area contributed by atoms with Crippen LogP contribution in [0.25, 0.3) is 0 Å². The minimum atomic E-state index is -0.161. The van der Waals surface area contributed by atoms with Crippen LogP contribution in [-0.4, -0.2) is 16.8 Å². The van der Waals surface area contributed by atoms with Gasteiger partial charge in [-0.3, -0.25) is 9.59 Å². The lowest BCUT2D eigenvalue weighted by Crippen LogP contribution is -2.12. The summed E-state index contributed by atoms with van der Waals surface area (Å²) < 4.78 is 0. The zero-order valence-corrected chi connectivity index (χ0v) is 10.8. The van der Waals surface area contributed by atoms with Gasteiger partial charge < -0.3 is 15.6 Å². The van der Waals surface area contributed by atoms with E-state index in [2.05, 4.69) is 15.6 Å². The zero-order valence-electron chi connectivity index (χ0n) is 10.8. The van der Waals surface area contributed by atoms with Gasteiger partial charge in [-0.15, -0.1) is 0 Å². The maximum absolute atomic E-state index is 12.0. The van der Waals surface area contributed by atoms with Crippen molar-refractivity contribution < 1.29 is 9.59 Å². The summed E-state index contributed by atoms with van der Waals surface area (Å²) in [7, 11) is 0. The van der Waals surface area contributed by atoms with Crippen molar-refractivity contribution in [1.82, 2.24) is 4.98 Å². The summed E-state index contributed by atoms with van der Waals surface area (Å²) in [6.45, 7) is 3.29. The topological polar surface area (TPSA) is 74.0 Å². The quantitative estimate of drug-likeness (QED) is 0.790. The highest BCUT2D eigenvalue weighted by Crippen LogP contribution is 2.15. The molecule has 0 aliphatic rings. The molecular formula is C14H15N3O2. The molecule has 0 atom stereocenters. The molecule has 0 spiro atoms. The van der Waals surface area contributed by atoms with E-state index >= 15 is 0 Å². The summed E-state index contributed by atoms with van der Waals surface area (Å²) in [5.74, 6) is -0.286. The van der Waals surface area contributed by atoms with Crippen molar-refractivity contribution >= 4 is 23.2 Å². The van der Waals surface area contributed by atoms with Crippen molar-refractivity contribution in [3.63, 3.8) is 0 Å². The predicted molar refractivity (Wildman–Crippen MR) is 74.2 cm³/mol. The number of aromatic amines is 1. The molecule has 0 saturated heterocycles. The summed E-state index contributed by atoms with van der Waals surface area (Å²) in [5, 5.41) is 5.46. The lowest BCUT2D eigenvalue weighted by Gasteiger charge is -2.06. The number of anilines is 2. The summed E-state index contributed by atoms with van der Waals surface area (Å²) in [6.07, 6.45) is 1.73. The first-order chi connectivity index (χ1) is 9.06. The van der Waals surface area contributed by atoms with Gasteiger partial charge in [-0.25, -0.2) is 0 Å². The maximum Gasteiger partial charge on any atom is 0.257 e. The number of amides is 2. The molecule has 0 unspecified atom stereocenters. The molecule has 0 radical (unpaired) electrons. The van der Waals surface area contributed by atoms with Crippen molar-refractivity contribution in [1.29, 1.82) is 0 Å². The minimum absolute atomic E-state index is 0.125. The van der Waals surface area contributed by atoms with E-state index in [-0.39, 0.29) is 11.8 Å². The zero-order chi connectivity index (χ0) is 13.8. The number of aryl methyl sites for hydroxylation is 1. The van der Waals surface area contributed by atoms with Gasteiger partial charge in [-0.2, -0.15) is 0 Å². The number of benzene rings is 1. The SMILES string of the molecule is CC(=O)Nc1ccc(NC(=O)c2cc[nH]c2C)cc1. The highest BCUT2D eigenvalue weighted by atomic mass is 16.2. The van der Waals surface area contributed by atoms with Crippen LogP contribution in [0.3, 0.4) is 0 Å². The summed E-state index contributed by atoms with van der Waals surface area (Å²) in [6, 6.07) is 8.69. The van der Waals surface area contributed by atoms with Gasteiger partial charge in [0, 0.05) is 30.2 Å². The first kappa shape index (κ1) is 12.9. The number of carbonyl (C=O) groups is 2. The van der Waals surface area contributed by atoms with E-state index in [0.717, 1.165) is 5.69 Å². The first-order valence-corrected chi connectivity index (χ1v) is 5.89. The Labute approximate surface area is 111 Å². The Morgan fingerprint density at radius 3 is 2.05 bits per heavy atom. The van der Waals surface area contributed by atoms with Gasteiger partial charge in [0.1, 0.15) is 0 Å². The van der Waals surface area contributed by atoms with Crippen LogP contribution in [0.5, 0.6) is 0 Å². The van der Waals surface area contributed by atoms with E-state index in [4.69, 9.17) is 0 Å². The van der Waals surface area contributed by atoms with Crippen LogP contribution in [0.2, 0.25) is 0 Å². The standard InChI is InChI=1S/C14H15N3O2/c1-9-13(7-8-15-9)14(19)17-12-5-3-11(4-6-12)16-10(2)18/h3-8,15H,1-2H3,(H,16,18)(H,17,19). The van der Waals surface area contributed by atoms with E-state index in [0.29, 0.717) is 16.9 Å². The Balaban J connectivity index is 2.06. The molecule has 2 amide bonds.